The summed E-state index contributed by atoms with van der Waals surface area (Å²) in [6.45, 7) is 1.84. The van der Waals surface area contributed by atoms with Gasteiger partial charge < -0.3 is 25.0 Å². The zero-order valence-electron chi connectivity index (χ0n) is 21.1. The zero-order valence-corrected chi connectivity index (χ0v) is 21.1. The summed E-state index contributed by atoms with van der Waals surface area (Å²) in [7, 11) is 3.19. The molecule has 1 saturated heterocycles. The molecular formula is C29H32FN3O4. The Kier molecular flexibility index (Phi) is 8.61. The lowest BCUT2D eigenvalue weighted by Gasteiger charge is -2.35. The van der Waals surface area contributed by atoms with Crippen molar-refractivity contribution in [2.24, 2.45) is 0 Å². The first-order chi connectivity index (χ1) is 18.0. The number of nitrogens with one attached hydrogen (secondary N) is 2. The molecule has 4 rings (SSSR count). The van der Waals surface area contributed by atoms with E-state index in [-0.39, 0.29) is 17.5 Å². The molecule has 194 valence electrons. The molecule has 0 atom stereocenters. The number of halogens is 1. The molecule has 0 spiro atoms. The Morgan fingerprint density at radius 1 is 0.892 bits per heavy atom. The number of hydrogen-bond donors (Lipinski definition) is 2. The summed E-state index contributed by atoms with van der Waals surface area (Å²) in [6, 6.07) is 19.2. The van der Waals surface area contributed by atoms with Gasteiger partial charge in [0, 0.05) is 31.4 Å². The van der Waals surface area contributed by atoms with E-state index in [1.54, 1.807) is 26.4 Å². The topological polar surface area (TPSA) is 79.9 Å². The Hall–Kier alpha value is -4.07. The standard InChI is InChI=1S/C29H32FN3O4/c1-36-26-12-11-20(19-27(26)37-2)13-16-31-28(34)23-8-4-6-10-25(23)33-17-14-21(15-18-33)32-29(35)22-7-3-5-9-24(22)30/h3-12,19,21H,13-18H2,1-2H3,(H,31,34)(H,32,35). The maximum absolute atomic E-state index is 13.9. The lowest BCUT2D eigenvalue weighted by molar-refractivity contribution is 0.0925. The van der Waals surface area contributed by atoms with Gasteiger partial charge in [0.2, 0.25) is 0 Å². The number of rotatable bonds is 9. The molecule has 0 radical (unpaired) electrons. The lowest BCUT2D eigenvalue weighted by atomic mass is 10.0. The summed E-state index contributed by atoms with van der Waals surface area (Å²) in [4.78, 5) is 27.7. The van der Waals surface area contributed by atoms with Crippen molar-refractivity contribution in [2.75, 3.05) is 38.8 Å². The minimum absolute atomic E-state index is 0.0502. The van der Waals surface area contributed by atoms with Crippen molar-refractivity contribution in [1.82, 2.24) is 10.6 Å². The molecule has 3 aromatic carbocycles. The summed E-state index contributed by atoms with van der Waals surface area (Å²) in [6.07, 6.45) is 2.06. The van der Waals surface area contributed by atoms with Crippen LogP contribution < -0.4 is 25.0 Å². The van der Waals surface area contributed by atoms with Gasteiger partial charge in [-0.3, -0.25) is 9.59 Å². The third kappa shape index (κ3) is 6.39. The molecule has 0 bridgehead atoms. The largest absolute Gasteiger partial charge is 0.493 e. The predicted octanol–water partition coefficient (Wildman–Crippen LogP) is 4.21. The van der Waals surface area contributed by atoms with Crippen molar-refractivity contribution in [3.63, 3.8) is 0 Å². The van der Waals surface area contributed by atoms with Crippen molar-refractivity contribution in [2.45, 2.75) is 25.3 Å². The van der Waals surface area contributed by atoms with Crippen LogP contribution >= 0.6 is 0 Å². The van der Waals surface area contributed by atoms with E-state index in [1.165, 1.54) is 12.1 Å². The van der Waals surface area contributed by atoms with Crippen molar-refractivity contribution in [3.8, 4) is 11.5 Å². The van der Waals surface area contributed by atoms with Gasteiger partial charge in [0.05, 0.1) is 25.3 Å². The van der Waals surface area contributed by atoms with Crippen LogP contribution in [0.2, 0.25) is 0 Å². The fraction of sp³-hybridized carbons (Fsp3) is 0.310. The zero-order chi connectivity index (χ0) is 26.2. The second-order valence-electron chi connectivity index (χ2n) is 8.93. The highest BCUT2D eigenvalue weighted by atomic mass is 19.1. The maximum Gasteiger partial charge on any atom is 0.254 e. The Labute approximate surface area is 216 Å². The first kappa shape index (κ1) is 26.0. The minimum atomic E-state index is -0.525. The van der Waals surface area contributed by atoms with Crippen molar-refractivity contribution >= 4 is 17.5 Å². The number of ether oxygens (including phenoxy) is 2. The number of piperidine rings is 1. The molecule has 0 unspecified atom stereocenters. The fourth-order valence-electron chi connectivity index (χ4n) is 4.57. The molecule has 1 fully saturated rings. The van der Waals surface area contributed by atoms with Gasteiger partial charge in [-0.05, 0) is 61.2 Å². The number of para-hydroxylation sites is 1. The van der Waals surface area contributed by atoms with Gasteiger partial charge in [0.25, 0.3) is 11.8 Å². The van der Waals surface area contributed by atoms with Crippen molar-refractivity contribution in [1.29, 1.82) is 0 Å². The highest BCUT2D eigenvalue weighted by molar-refractivity contribution is 6.00. The van der Waals surface area contributed by atoms with E-state index in [9.17, 15) is 14.0 Å². The first-order valence-corrected chi connectivity index (χ1v) is 12.4. The summed E-state index contributed by atoms with van der Waals surface area (Å²) in [5.41, 5.74) is 2.57. The normalized spacial score (nSPS) is 13.6. The molecule has 2 amide bonds. The highest BCUT2D eigenvalue weighted by Crippen LogP contribution is 2.28. The molecule has 1 aliphatic rings. The van der Waals surface area contributed by atoms with E-state index < -0.39 is 11.7 Å². The van der Waals surface area contributed by atoms with Gasteiger partial charge in [-0.2, -0.15) is 0 Å². The number of carbonyl (C=O) groups excluding carboxylic acids is 2. The number of anilines is 1. The summed E-state index contributed by atoms with van der Waals surface area (Å²) < 4.78 is 24.6. The van der Waals surface area contributed by atoms with Crippen LogP contribution in [0, 0.1) is 5.82 Å². The van der Waals surface area contributed by atoms with E-state index in [4.69, 9.17) is 9.47 Å². The molecule has 2 N–H and O–H groups in total. The van der Waals surface area contributed by atoms with Crippen molar-refractivity contribution < 1.29 is 23.5 Å². The smallest absolute Gasteiger partial charge is 0.254 e. The first-order valence-electron chi connectivity index (χ1n) is 12.4. The molecule has 0 aromatic heterocycles. The Morgan fingerprint density at radius 2 is 1.57 bits per heavy atom. The predicted molar refractivity (Wildman–Crippen MR) is 141 cm³/mol. The SMILES string of the molecule is COc1ccc(CCNC(=O)c2ccccc2N2CCC(NC(=O)c3ccccc3F)CC2)cc1OC. The van der Waals surface area contributed by atoms with Gasteiger partial charge in [0.1, 0.15) is 5.82 Å². The molecule has 1 aliphatic heterocycles. The second kappa shape index (κ2) is 12.3. The number of methoxy groups -OCH3 is 2. The highest BCUT2D eigenvalue weighted by Gasteiger charge is 2.24. The molecule has 8 heteroatoms. The van der Waals surface area contributed by atoms with Crippen LogP contribution in [-0.4, -0.2) is 51.7 Å². The van der Waals surface area contributed by atoms with Gasteiger partial charge in [-0.25, -0.2) is 4.39 Å². The minimum Gasteiger partial charge on any atom is -0.493 e. The second-order valence-corrected chi connectivity index (χ2v) is 8.93. The average Bonchev–Trinajstić information content (AvgIpc) is 2.93. The number of nitrogens with zero attached hydrogens (tertiary/aromatic N) is 1. The van der Waals surface area contributed by atoms with Crippen LogP contribution in [0.1, 0.15) is 39.1 Å². The molecule has 0 saturated carbocycles. The van der Waals surface area contributed by atoms with Gasteiger partial charge in [-0.15, -0.1) is 0 Å². The van der Waals surface area contributed by atoms with Crippen molar-refractivity contribution in [3.05, 3.63) is 89.2 Å². The number of hydrogen-bond acceptors (Lipinski definition) is 5. The Bertz CT molecular complexity index is 1240. The Balaban J connectivity index is 1.32. The average molecular weight is 506 g/mol. The molecule has 37 heavy (non-hydrogen) atoms. The Morgan fingerprint density at radius 3 is 2.27 bits per heavy atom. The van der Waals surface area contributed by atoms with Gasteiger partial charge in [0.15, 0.2) is 11.5 Å². The van der Waals surface area contributed by atoms with Crippen LogP contribution in [-0.2, 0) is 6.42 Å². The van der Waals surface area contributed by atoms with E-state index >= 15 is 0 Å². The van der Waals surface area contributed by atoms with Gasteiger partial charge >= 0.3 is 0 Å². The monoisotopic (exact) mass is 505 g/mol. The lowest BCUT2D eigenvalue weighted by Crippen LogP contribution is -2.45. The molecule has 3 aromatic rings. The summed E-state index contributed by atoms with van der Waals surface area (Å²) in [5.74, 6) is 0.269. The molecule has 7 nitrogen and oxygen atoms in total. The van der Waals surface area contributed by atoms with Crippen LogP contribution in [0.4, 0.5) is 10.1 Å². The van der Waals surface area contributed by atoms with E-state index in [1.807, 2.05) is 42.5 Å². The van der Waals surface area contributed by atoms with E-state index in [2.05, 4.69) is 15.5 Å². The van der Waals surface area contributed by atoms with E-state index in [0.717, 1.165) is 11.3 Å². The number of amides is 2. The third-order valence-electron chi connectivity index (χ3n) is 6.59. The third-order valence-corrected chi connectivity index (χ3v) is 6.59. The van der Waals surface area contributed by atoms with E-state index in [0.29, 0.717) is 56.0 Å². The number of carbonyl (C=O) groups is 2. The fourth-order valence-corrected chi connectivity index (χ4v) is 4.57. The van der Waals surface area contributed by atoms with Crippen LogP contribution in [0.25, 0.3) is 0 Å². The van der Waals surface area contributed by atoms with Crippen LogP contribution in [0.15, 0.2) is 66.7 Å². The number of benzene rings is 3. The molecule has 0 aliphatic carbocycles. The maximum atomic E-state index is 13.9. The molecule has 1 heterocycles. The van der Waals surface area contributed by atoms with Gasteiger partial charge in [-0.1, -0.05) is 30.3 Å². The summed E-state index contributed by atoms with van der Waals surface area (Å²) in [5, 5.41) is 5.96. The van der Waals surface area contributed by atoms with Crippen LogP contribution in [0.5, 0.6) is 11.5 Å². The van der Waals surface area contributed by atoms with Crippen LogP contribution in [0.3, 0.4) is 0 Å². The molecular weight excluding hydrogens is 473 g/mol. The summed E-state index contributed by atoms with van der Waals surface area (Å²) >= 11 is 0. The quantitative estimate of drug-likeness (QED) is 0.455.